The molecule has 3 aromatic rings. The minimum atomic E-state index is 0.221. The van der Waals surface area contributed by atoms with Crippen LogP contribution >= 0.6 is 11.3 Å². The van der Waals surface area contributed by atoms with Crippen molar-refractivity contribution in [2.75, 3.05) is 5.32 Å². The first-order valence-electron chi connectivity index (χ1n) is 6.41. The predicted molar refractivity (Wildman–Crippen MR) is 82.8 cm³/mol. The van der Waals surface area contributed by atoms with Gasteiger partial charge in [0.25, 0.3) is 0 Å². The summed E-state index contributed by atoms with van der Waals surface area (Å²) in [5.41, 5.74) is 3.52. The number of hydrogen-bond acceptors (Lipinski definition) is 3. The van der Waals surface area contributed by atoms with Gasteiger partial charge in [0.05, 0.1) is 16.3 Å². The summed E-state index contributed by atoms with van der Waals surface area (Å²) in [6.07, 6.45) is 0. The predicted octanol–water partition coefficient (Wildman–Crippen LogP) is 4.78. The van der Waals surface area contributed by atoms with Crippen LogP contribution in [0.15, 0.2) is 48.5 Å². The van der Waals surface area contributed by atoms with Gasteiger partial charge in [-0.05, 0) is 37.6 Å². The van der Waals surface area contributed by atoms with Gasteiger partial charge in [-0.15, -0.1) is 11.3 Å². The summed E-state index contributed by atoms with van der Waals surface area (Å²) >= 11 is 1.76. The Morgan fingerprint density at radius 3 is 2.58 bits per heavy atom. The smallest absolute Gasteiger partial charge is 0.116 e. The molecule has 0 radical (unpaired) electrons. The summed E-state index contributed by atoms with van der Waals surface area (Å²) in [7, 11) is 0. The lowest BCUT2D eigenvalue weighted by molar-refractivity contribution is 0.872. The molecule has 0 bridgehead atoms. The van der Waals surface area contributed by atoms with Crippen molar-refractivity contribution < 1.29 is 0 Å². The van der Waals surface area contributed by atoms with Gasteiger partial charge < -0.3 is 5.32 Å². The van der Waals surface area contributed by atoms with Crippen molar-refractivity contribution in [2.45, 2.75) is 19.9 Å². The Balaban J connectivity index is 1.87. The van der Waals surface area contributed by atoms with E-state index < -0.39 is 0 Å². The molecule has 0 aliphatic carbocycles. The topological polar surface area (TPSA) is 24.9 Å². The third kappa shape index (κ3) is 2.47. The molecule has 19 heavy (non-hydrogen) atoms. The Morgan fingerprint density at radius 2 is 1.79 bits per heavy atom. The third-order valence-corrected chi connectivity index (χ3v) is 4.42. The minimum absolute atomic E-state index is 0.221. The zero-order valence-electron chi connectivity index (χ0n) is 11.1. The molecule has 3 rings (SSSR count). The number of hydrogen-bond donors (Lipinski definition) is 1. The van der Waals surface area contributed by atoms with Crippen LogP contribution < -0.4 is 5.32 Å². The average molecular weight is 268 g/mol. The van der Waals surface area contributed by atoms with Crippen molar-refractivity contribution in [3.8, 4) is 0 Å². The average Bonchev–Trinajstić information content (AvgIpc) is 2.85. The zero-order chi connectivity index (χ0) is 13.2. The van der Waals surface area contributed by atoms with Crippen LogP contribution in [-0.4, -0.2) is 4.98 Å². The first-order chi connectivity index (χ1) is 9.24. The van der Waals surface area contributed by atoms with Crippen molar-refractivity contribution in [3.05, 3.63) is 59.1 Å². The number of fused-ring (bicyclic) bond motifs is 1. The number of nitrogens with one attached hydrogen (secondary N) is 1. The molecule has 1 N–H and O–H groups in total. The van der Waals surface area contributed by atoms with E-state index in [1.54, 1.807) is 11.3 Å². The van der Waals surface area contributed by atoms with E-state index in [4.69, 9.17) is 4.98 Å². The second-order valence-electron chi connectivity index (χ2n) is 4.70. The number of thiazole rings is 1. The lowest BCUT2D eigenvalue weighted by atomic mass is 10.2. The number of nitrogens with zero attached hydrogens (tertiary/aromatic N) is 1. The molecule has 0 amide bonds. The number of benzene rings is 2. The standard InChI is InChI=1S/C16H16N2S/c1-11-7-3-4-8-13(11)17-12(2)16-18-14-9-5-6-10-15(14)19-16/h3-10,12,17H,1-2H3. The van der Waals surface area contributed by atoms with Gasteiger partial charge in [-0.3, -0.25) is 0 Å². The third-order valence-electron chi connectivity index (χ3n) is 3.20. The number of anilines is 1. The Morgan fingerprint density at radius 1 is 1.05 bits per heavy atom. The molecule has 3 heteroatoms. The number of aromatic nitrogens is 1. The molecule has 0 saturated carbocycles. The lowest BCUT2D eigenvalue weighted by Gasteiger charge is -2.14. The fourth-order valence-corrected chi connectivity index (χ4v) is 3.07. The Labute approximate surface area is 117 Å². The summed E-state index contributed by atoms with van der Waals surface area (Å²) < 4.78 is 1.25. The van der Waals surface area contributed by atoms with E-state index in [0.29, 0.717) is 0 Å². The van der Waals surface area contributed by atoms with Crippen LogP contribution in [0.4, 0.5) is 5.69 Å². The zero-order valence-corrected chi connectivity index (χ0v) is 11.9. The lowest BCUT2D eigenvalue weighted by Crippen LogP contribution is -2.07. The summed E-state index contributed by atoms with van der Waals surface area (Å²) in [6.45, 7) is 4.28. The minimum Gasteiger partial charge on any atom is -0.376 e. The van der Waals surface area contributed by atoms with Crippen molar-refractivity contribution in [3.63, 3.8) is 0 Å². The van der Waals surface area contributed by atoms with E-state index in [9.17, 15) is 0 Å². The van der Waals surface area contributed by atoms with Crippen LogP contribution in [0.2, 0.25) is 0 Å². The van der Waals surface area contributed by atoms with Gasteiger partial charge in [-0.25, -0.2) is 4.98 Å². The monoisotopic (exact) mass is 268 g/mol. The van der Waals surface area contributed by atoms with Gasteiger partial charge in [0, 0.05) is 5.69 Å². The van der Waals surface area contributed by atoms with Crippen molar-refractivity contribution in [1.29, 1.82) is 0 Å². The van der Waals surface area contributed by atoms with Crippen molar-refractivity contribution in [2.24, 2.45) is 0 Å². The molecular formula is C16H16N2S. The molecule has 1 heterocycles. The maximum absolute atomic E-state index is 4.69. The Hall–Kier alpha value is -1.87. The van der Waals surface area contributed by atoms with Crippen LogP contribution in [0.1, 0.15) is 23.5 Å². The van der Waals surface area contributed by atoms with E-state index in [2.05, 4.69) is 61.6 Å². The highest BCUT2D eigenvalue weighted by molar-refractivity contribution is 7.18. The fourth-order valence-electron chi connectivity index (χ4n) is 2.11. The van der Waals surface area contributed by atoms with Crippen molar-refractivity contribution >= 4 is 27.2 Å². The van der Waals surface area contributed by atoms with E-state index in [1.807, 2.05) is 6.07 Å². The van der Waals surface area contributed by atoms with E-state index >= 15 is 0 Å². The quantitative estimate of drug-likeness (QED) is 0.739. The first-order valence-corrected chi connectivity index (χ1v) is 7.23. The normalized spacial score (nSPS) is 12.5. The van der Waals surface area contributed by atoms with Crippen molar-refractivity contribution in [1.82, 2.24) is 4.98 Å². The molecule has 0 spiro atoms. The van der Waals surface area contributed by atoms with Gasteiger partial charge in [0.15, 0.2) is 0 Å². The molecule has 0 aliphatic rings. The van der Waals surface area contributed by atoms with Gasteiger partial charge in [-0.2, -0.15) is 0 Å². The summed E-state index contributed by atoms with van der Waals surface area (Å²) in [6, 6.07) is 16.8. The SMILES string of the molecule is Cc1ccccc1NC(C)c1nc2ccccc2s1. The molecule has 0 saturated heterocycles. The first kappa shape index (κ1) is 12.2. The fraction of sp³-hybridized carbons (Fsp3) is 0.188. The van der Waals surface area contributed by atoms with Gasteiger partial charge in [0.1, 0.15) is 5.01 Å². The highest BCUT2D eigenvalue weighted by Gasteiger charge is 2.11. The second kappa shape index (κ2) is 5.02. The summed E-state index contributed by atoms with van der Waals surface area (Å²) in [5, 5.41) is 4.66. The van der Waals surface area contributed by atoms with Crippen LogP contribution in [0.5, 0.6) is 0 Å². The maximum atomic E-state index is 4.69. The van der Waals surface area contributed by atoms with Crippen LogP contribution in [0.3, 0.4) is 0 Å². The molecule has 1 unspecified atom stereocenters. The van der Waals surface area contributed by atoms with E-state index in [0.717, 1.165) is 10.5 Å². The van der Waals surface area contributed by atoms with Gasteiger partial charge >= 0.3 is 0 Å². The second-order valence-corrected chi connectivity index (χ2v) is 5.76. The molecule has 0 aliphatic heterocycles. The molecule has 1 atom stereocenters. The molecule has 96 valence electrons. The van der Waals surface area contributed by atoms with Gasteiger partial charge in [-0.1, -0.05) is 30.3 Å². The number of aryl methyl sites for hydroxylation is 1. The van der Waals surface area contributed by atoms with Gasteiger partial charge in [0.2, 0.25) is 0 Å². The summed E-state index contributed by atoms with van der Waals surface area (Å²) in [4.78, 5) is 4.69. The van der Waals surface area contributed by atoms with Crippen LogP contribution in [0.25, 0.3) is 10.2 Å². The number of para-hydroxylation sites is 2. The Bertz CT molecular complexity index is 670. The molecular weight excluding hydrogens is 252 g/mol. The highest BCUT2D eigenvalue weighted by Crippen LogP contribution is 2.28. The largest absolute Gasteiger partial charge is 0.376 e. The van der Waals surface area contributed by atoms with Crippen LogP contribution in [-0.2, 0) is 0 Å². The van der Waals surface area contributed by atoms with E-state index in [1.165, 1.54) is 16.0 Å². The number of rotatable bonds is 3. The van der Waals surface area contributed by atoms with Crippen LogP contribution in [0, 0.1) is 6.92 Å². The summed E-state index contributed by atoms with van der Waals surface area (Å²) in [5.74, 6) is 0. The molecule has 2 aromatic carbocycles. The Kier molecular flexibility index (Phi) is 3.22. The highest BCUT2D eigenvalue weighted by atomic mass is 32.1. The maximum Gasteiger partial charge on any atom is 0.116 e. The molecule has 0 fully saturated rings. The van der Waals surface area contributed by atoms with E-state index in [-0.39, 0.29) is 6.04 Å². The molecule has 1 aromatic heterocycles. The molecule has 2 nitrogen and oxygen atoms in total.